The predicted octanol–water partition coefficient (Wildman–Crippen LogP) is 1.64. The van der Waals surface area contributed by atoms with Gasteiger partial charge in [-0.3, -0.25) is 19.1 Å². The van der Waals surface area contributed by atoms with Gasteiger partial charge in [0.1, 0.15) is 0 Å². The summed E-state index contributed by atoms with van der Waals surface area (Å²) >= 11 is 0. The van der Waals surface area contributed by atoms with Crippen LogP contribution >= 0.6 is 0 Å². The molecule has 2 aliphatic rings. The van der Waals surface area contributed by atoms with Crippen molar-refractivity contribution < 1.29 is 9.53 Å². The lowest BCUT2D eigenvalue weighted by atomic mass is 10.2. The number of carbonyl (C=O) groups is 1. The lowest BCUT2D eigenvalue weighted by molar-refractivity contribution is -0.130. The van der Waals surface area contributed by atoms with Crippen molar-refractivity contribution in [2.45, 2.75) is 12.5 Å². The summed E-state index contributed by atoms with van der Waals surface area (Å²) in [6.45, 7) is 1.95. The van der Waals surface area contributed by atoms with Crippen LogP contribution in [0.4, 0.5) is 11.6 Å². The average Bonchev–Trinajstić information content (AvgIpc) is 3.25. The highest BCUT2D eigenvalue weighted by Crippen LogP contribution is 2.29. The lowest BCUT2D eigenvalue weighted by Gasteiger charge is -2.35. The zero-order valence-electron chi connectivity index (χ0n) is 17.3. The molecule has 0 saturated carbocycles. The molecule has 0 aliphatic carbocycles. The van der Waals surface area contributed by atoms with Crippen molar-refractivity contribution in [1.29, 1.82) is 0 Å². The minimum Gasteiger partial charge on any atom is -0.365 e. The third kappa shape index (κ3) is 3.59. The molecule has 1 fully saturated rings. The molecule has 1 amide bonds. The summed E-state index contributed by atoms with van der Waals surface area (Å²) in [6.07, 6.45) is 3.58. The van der Waals surface area contributed by atoms with E-state index in [1.54, 1.807) is 19.4 Å². The number of anilines is 2. The number of pyridine rings is 1. The maximum atomic E-state index is 13.3. The molecule has 31 heavy (non-hydrogen) atoms. The van der Waals surface area contributed by atoms with E-state index in [1.165, 1.54) is 16.2 Å². The molecule has 1 saturated heterocycles. The summed E-state index contributed by atoms with van der Waals surface area (Å²) < 4.78 is 7.36. The number of para-hydroxylation sites is 1. The summed E-state index contributed by atoms with van der Waals surface area (Å²) in [5.74, 6) is 0.479. The van der Waals surface area contributed by atoms with Gasteiger partial charge in [-0.15, -0.1) is 0 Å². The van der Waals surface area contributed by atoms with E-state index in [0.29, 0.717) is 37.9 Å². The second kappa shape index (κ2) is 7.96. The first-order valence-electron chi connectivity index (χ1n) is 10.4. The van der Waals surface area contributed by atoms with Crippen LogP contribution in [0.2, 0.25) is 0 Å². The molecule has 2 aliphatic heterocycles. The van der Waals surface area contributed by atoms with E-state index in [4.69, 9.17) is 9.72 Å². The van der Waals surface area contributed by atoms with Gasteiger partial charge >= 0.3 is 0 Å². The van der Waals surface area contributed by atoms with Crippen molar-refractivity contribution in [3.05, 3.63) is 70.8 Å². The summed E-state index contributed by atoms with van der Waals surface area (Å²) in [4.78, 5) is 38.4. The van der Waals surface area contributed by atoms with Crippen LogP contribution in [0.5, 0.6) is 0 Å². The minimum atomic E-state index is -0.610. The van der Waals surface area contributed by atoms with Crippen LogP contribution in [0.3, 0.4) is 0 Å². The topological polar surface area (TPSA) is 80.6 Å². The smallest absolute Gasteiger partial charge is 0.257 e. The molecule has 0 radical (unpaired) electrons. The van der Waals surface area contributed by atoms with Crippen molar-refractivity contribution in [1.82, 2.24) is 14.5 Å². The third-order valence-electron chi connectivity index (χ3n) is 5.87. The van der Waals surface area contributed by atoms with E-state index >= 15 is 0 Å². The van der Waals surface area contributed by atoms with Crippen molar-refractivity contribution >= 4 is 17.5 Å². The molecular formula is C23H23N5O3. The molecule has 8 nitrogen and oxygen atoms in total. The quantitative estimate of drug-likeness (QED) is 0.645. The Balaban J connectivity index is 1.42. The van der Waals surface area contributed by atoms with Gasteiger partial charge in [-0.05, 0) is 30.2 Å². The minimum absolute atomic E-state index is 0.0510. The van der Waals surface area contributed by atoms with Crippen LogP contribution < -0.4 is 15.4 Å². The summed E-state index contributed by atoms with van der Waals surface area (Å²) in [5, 5.41) is 0. The molecule has 1 unspecified atom stereocenters. The van der Waals surface area contributed by atoms with E-state index in [9.17, 15) is 9.59 Å². The Hall–Kier alpha value is -3.52. The second-order valence-electron chi connectivity index (χ2n) is 7.75. The standard InChI is InChI=1S/C23H23N5O3/c1-26-21(29)14-18(16-6-9-24-10-7-16)25-23(26)27-12-13-31-20(15-27)22(30)28-11-8-17-4-2-3-5-19(17)28/h2-7,9-10,14,20H,8,11-13,15H2,1H3. The van der Waals surface area contributed by atoms with Gasteiger partial charge in [0.15, 0.2) is 6.10 Å². The summed E-state index contributed by atoms with van der Waals surface area (Å²) in [7, 11) is 1.70. The average molecular weight is 417 g/mol. The predicted molar refractivity (Wildman–Crippen MR) is 117 cm³/mol. The molecule has 8 heteroatoms. The number of fused-ring (bicyclic) bond motifs is 1. The van der Waals surface area contributed by atoms with E-state index in [1.807, 2.05) is 40.1 Å². The molecule has 1 atom stereocenters. The SMILES string of the molecule is Cn1c(N2CCOC(C(=O)N3CCc4ccccc43)C2)nc(-c2ccncc2)cc1=O. The van der Waals surface area contributed by atoms with E-state index in [0.717, 1.165) is 17.7 Å². The third-order valence-corrected chi connectivity index (χ3v) is 5.87. The van der Waals surface area contributed by atoms with Crippen LogP contribution in [0.15, 0.2) is 59.7 Å². The maximum Gasteiger partial charge on any atom is 0.257 e. The number of benzene rings is 1. The Morgan fingerprint density at radius 1 is 1.13 bits per heavy atom. The fourth-order valence-electron chi connectivity index (χ4n) is 4.20. The highest BCUT2D eigenvalue weighted by atomic mass is 16.5. The molecule has 4 heterocycles. The molecule has 0 bridgehead atoms. The van der Waals surface area contributed by atoms with Gasteiger partial charge in [0.2, 0.25) is 5.95 Å². The molecule has 0 N–H and O–H groups in total. The Labute approximate surface area is 179 Å². The van der Waals surface area contributed by atoms with Crippen molar-refractivity contribution in [2.75, 3.05) is 36.0 Å². The van der Waals surface area contributed by atoms with Gasteiger partial charge in [0.25, 0.3) is 11.5 Å². The Morgan fingerprint density at radius 3 is 2.77 bits per heavy atom. The normalized spacial score (nSPS) is 18.2. The Bertz CT molecular complexity index is 1180. The number of rotatable bonds is 3. The summed E-state index contributed by atoms with van der Waals surface area (Å²) in [5.41, 5.74) is 3.39. The van der Waals surface area contributed by atoms with Crippen LogP contribution in [0, 0.1) is 0 Å². The van der Waals surface area contributed by atoms with Gasteiger partial charge in [-0.2, -0.15) is 0 Å². The second-order valence-corrected chi connectivity index (χ2v) is 7.75. The van der Waals surface area contributed by atoms with Crippen molar-refractivity contribution in [3.63, 3.8) is 0 Å². The molecule has 158 valence electrons. The van der Waals surface area contributed by atoms with Gasteiger partial charge in [-0.1, -0.05) is 18.2 Å². The largest absolute Gasteiger partial charge is 0.365 e. The fraction of sp³-hybridized carbons (Fsp3) is 0.304. The van der Waals surface area contributed by atoms with Crippen molar-refractivity contribution in [3.8, 4) is 11.3 Å². The number of amides is 1. The molecule has 2 aromatic heterocycles. The van der Waals surface area contributed by atoms with E-state index in [2.05, 4.69) is 11.1 Å². The zero-order chi connectivity index (χ0) is 21.4. The first-order chi connectivity index (χ1) is 15.1. The number of ether oxygens (including phenoxy) is 1. The number of hydrogen-bond acceptors (Lipinski definition) is 6. The van der Waals surface area contributed by atoms with E-state index < -0.39 is 6.10 Å². The van der Waals surface area contributed by atoms with Gasteiger partial charge in [0.05, 0.1) is 18.8 Å². The van der Waals surface area contributed by atoms with Crippen LogP contribution in [-0.4, -0.2) is 52.8 Å². The first kappa shape index (κ1) is 19.4. The van der Waals surface area contributed by atoms with Crippen LogP contribution in [-0.2, 0) is 23.0 Å². The zero-order valence-corrected chi connectivity index (χ0v) is 17.3. The number of carbonyl (C=O) groups excluding carboxylic acids is 1. The van der Waals surface area contributed by atoms with Crippen LogP contribution in [0.25, 0.3) is 11.3 Å². The molecule has 1 aromatic carbocycles. The molecule has 5 rings (SSSR count). The molecule has 3 aromatic rings. The molecule has 0 spiro atoms. The monoisotopic (exact) mass is 417 g/mol. The first-order valence-corrected chi connectivity index (χ1v) is 10.4. The van der Waals surface area contributed by atoms with Gasteiger partial charge < -0.3 is 14.5 Å². The maximum absolute atomic E-state index is 13.3. The van der Waals surface area contributed by atoms with Gasteiger partial charge in [0, 0.05) is 49.8 Å². The van der Waals surface area contributed by atoms with E-state index in [-0.39, 0.29) is 11.5 Å². The number of aromatic nitrogens is 3. The number of morpholine rings is 1. The molecular weight excluding hydrogens is 394 g/mol. The lowest BCUT2D eigenvalue weighted by Crippen LogP contribution is -2.52. The number of nitrogens with zero attached hydrogens (tertiary/aromatic N) is 5. The summed E-state index contributed by atoms with van der Waals surface area (Å²) in [6, 6.07) is 13.1. The van der Waals surface area contributed by atoms with Crippen LogP contribution in [0.1, 0.15) is 5.56 Å². The Morgan fingerprint density at radius 2 is 1.94 bits per heavy atom. The van der Waals surface area contributed by atoms with Crippen molar-refractivity contribution in [2.24, 2.45) is 7.05 Å². The fourth-order valence-corrected chi connectivity index (χ4v) is 4.20. The van der Waals surface area contributed by atoms with Gasteiger partial charge in [-0.25, -0.2) is 4.98 Å². The number of hydrogen-bond donors (Lipinski definition) is 0. The highest BCUT2D eigenvalue weighted by Gasteiger charge is 2.34. The highest BCUT2D eigenvalue weighted by molar-refractivity contribution is 5.98. The Kier molecular flexibility index (Phi) is 4.99.